The summed E-state index contributed by atoms with van der Waals surface area (Å²) in [4.78, 5) is 33.1. The van der Waals surface area contributed by atoms with Crippen LogP contribution < -0.4 is 10.6 Å². The van der Waals surface area contributed by atoms with Gasteiger partial charge in [-0.2, -0.15) is 0 Å². The van der Waals surface area contributed by atoms with Crippen LogP contribution in [0.1, 0.15) is 10.4 Å². The number of amides is 1. The van der Waals surface area contributed by atoms with E-state index in [-0.39, 0.29) is 6.61 Å². The highest BCUT2D eigenvalue weighted by molar-refractivity contribution is 7.14. The number of carbonyl (C=O) groups is 1. The van der Waals surface area contributed by atoms with E-state index in [4.69, 9.17) is 0 Å². The van der Waals surface area contributed by atoms with E-state index in [9.17, 15) is 14.8 Å². The molecule has 0 saturated heterocycles. The maximum atomic E-state index is 12.5. The number of thiazole rings is 1. The minimum atomic E-state index is -0.747. The summed E-state index contributed by atoms with van der Waals surface area (Å²) in [5.41, 5.74) is 4.57. The molecule has 0 aliphatic heterocycles. The standard InChI is InChI=1S/C24H22N6O3S/c1-16(21(14-31)27-23(32)20-8-11-30(13-20)29(2)33)26-24-28-22(15-34-24)19-5-3-4-18(12-19)17-6-9-25-10-7-17/h3-13,15,21,31H,1,14H2,2H3,(H-,26,27,28,32)/p+1. The Morgan fingerprint density at radius 3 is 2.68 bits per heavy atom. The Bertz CT molecular complexity index is 1330. The second kappa shape index (κ2) is 10.2. The van der Waals surface area contributed by atoms with Crippen LogP contribution in [0.5, 0.6) is 0 Å². The molecule has 1 amide bonds. The zero-order valence-electron chi connectivity index (χ0n) is 18.4. The summed E-state index contributed by atoms with van der Waals surface area (Å²) in [5.74, 6) is -0.435. The SMILES string of the molecule is C=C(Nc1nc(-c2cccc(-c3ccncc3)c2)cs1)C(CO)NC(=O)c1ccn([N+](C)=O)c1. The third kappa shape index (κ3) is 5.25. The number of aliphatic hydroxyl groups excluding tert-OH is 1. The summed E-state index contributed by atoms with van der Waals surface area (Å²) in [6, 6.07) is 12.7. The fourth-order valence-corrected chi connectivity index (χ4v) is 4.02. The highest BCUT2D eigenvalue weighted by Gasteiger charge is 2.19. The third-order valence-electron chi connectivity index (χ3n) is 5.12. The van der Waals surface area contributed by atoms with Gasteiger partial charge in [-0.1, -0.05) is 29.5 Å². The third-order valence-corrected chi connectivity index (χ3v) is 5.88. The second-order valence-corrected chi connectivity index (χ2v) is 8.32. The van der Waals surface area contributed by atoms with Gasteiger partial charge in [0.05, 0.1) is 41.2 Å². The van der Waals surface area contributed by atoms with Crippen LogP contribution in [0.25, 0.3) is 22.4 Å². The Kier molecular flexibility index (Phi) is 6.90. The predicted molar refractivity (Wildman–Crippen MR) is 131 cm³/mol. The molecule has 1 unspecified atom stereocenters. The highest BCUT2D eigenvalue weighted by atomic mass is 32.1. The van der Waals surface area contributed by atoms with E-state index in [2.05, 4.69) is 33.2 Å². The monoisotopic (exact) mass is 475 g/mol. The molecular weight excluding hydrogens is 452 g/mol. The van der Waals surface area contributed by atoms with Crippen molar-refractivity contribution in [2.24, 2.45) is 0 Å². The van der Waals surface area contributed by atoms with Crippen molar-refractivity contribution in [3.8, 4) is 22.4 Å². The number of pyridine rings is 1. The summed E-state index contributed by atoms with van der Waals surface area (Å²) >= 11 is 1.39. The number of hydrogen-bond donors (Lipinski definition) is 3. The van der Waals surface area contributed by atoms with Gasteiger partial charge >= 0.3 is 0 Å². The van der Waals surface area contributed by atoms with Crippen molar-refractivity contribution < 1.29 is 14.8 Å². The first-order chi connectivity index (χ1) is 16.4. The molecule has 1 aromatic carbocycles. The zero-order chi connectivity index (χ0) is 24.1. The van der Waals surface area contributed by atoms with Gasteiger partial charge in [-0.25, -0.2) is 4.98 Å². The van der Waals surface area contributed by atoms with Gasteiger partial charge in [0.15, 0.2) is 5.13 Å². The lowest BCUT2D eigenvalue weighted by Gasteiger charge is -2.19. The minimum absolute atomic E-state index is 0.291. The van der Waals surface area contributed by atoms with E-state index < -0.39 is 11.9 Å². The first kappa shape index (κ1) is 23.0. The lowest BCUT2D eigenvalue weighted by atomic mass is 10.0. The fourth-order valence-electron chi connectivity index (χ4n) is 3.27. The van der Waals surface area contributed by atoms with Gasteiger partial charge in [0.2, 0.25) is 7.05 Å². The zero-order valence-corrected chi connectivity index (χ0v) is 19.2. The van der Waals surface area contributed by atoms with Crippen LogP contribution in [0, 0.1) is 4.91 Å². The van der Waals surface area contributed by atoms with E-state index in [1.165, 1.54) is 41.5 Å². The van der Waals surface area contributed by atoms with Gasteiger partial charge in [-0.3, -0.25) is 9.78 Å². The molecule has 10 heteroatoms. The van der Waals surface area contributed by atoms with Crippen molar-refractivity contribution in [1.82, 2.24) is 20.0 Å². The average Bonchev–Trinajstić information content (AvgIpc) is 3.53. The molecule has 1 atom stereocenters. The molecule has 0 spiro atoms. The van der Waals surface area contributed by atoms with Crippen LogP contribution in [0.15, 0.2) is 84.9 Å². The predicted octanol–water partition coefficient (Wildman–Crippen LogP) is 3.56. The molecule has 172 valence electrons. The molecule has 0 radical (unpaired) electrons. The van der Waals surface area contributed by atoms with Crippen molar-refractivity contribution >= 4 is 22.4 Å². The molecule has 34 heavy (non-hydrogen) atoms. The number of benzene rings is 1. The second-order valence-electron chi connectivity index (χ2n) is 7.46. The summed E-state index contributed by atoms with van der Waals surface area (Å²) in [7, 11) is 1.32. The van der Waals surface area contributed by atoms with Crippen molar-refractivity contribution in [3.63, 3.8) is 0 Å². The minimum Gasteiger partial charge on any atom is -0.394 e. The summed E-state index contributed by atoms with van der Waals surface area (Å²) in [5, 5.41) is 18.1. The Morgan fingerprint density at radius 1 is 1.21 bits per heavy atom. The summed E-state index contributed by atoms with van der Waals surface area (Å²) < 4.78 is 1.23. The number of nitrogens with zero attached hydrogens (tertiary/aromatic N) is 4. The lowest BCUT2D eigenvalue weighted by Crippen LogP contribution is -2.40. The topological polar surface area (TPSA) is 112 Å². The fraction of sp³-hybridized carbons (Fsp3) is 0.125. The Morgan fingerprint density at radius 2 is 1.97 bits per heavy atom. The van der Waals surface area contributed by atoms with Gasteiger partial charge in [0, 0.05) is 29.0 Å². The molecule has 0 aliphatic rings. The van der Waals surface area contributed by atoms with Gasteiger partial charge in [0.25, 0.3) is 5.91 Å². The van der Waals surface area contributed by atoms with E-state index in [1.807, 2.05) is 35.7 Å². The molecule has 0 bridgehead atoms. The van der Waals surface area contributed by atoms with E-state index in [0.29, 0.717) is 21.3 Å². The number of nitroso groups, excluding NO2 is 1. The molecule has 3 heterocycles. The molecule has 0 fully saturated rings. The average molecular weight is 476 g/mol. The van der Waals surface area contributed by atoms with Crippen LogP contribution in [0.4, 0.5) is 5.13 Å². The number of hydrogen-bond acceptors (Lipinski definition) is 7. The van der Waals surface area contributed by atoms with Crippen LogP contribution in [0.2, 0.25) is 0 Å². The van der Waals surface area contributed by atoms with Crippen LogP contribution in [0.3, 0.4) is 0 Å². The Hall–Kier alpha value is -4.15. The van der Waals surface area contributed by atoms with Crippen molar-refractivity contribution in [3.05, 3.63) is 95.4 Å². The van der Waals surface area contributed by atoms with Gasteiger partial charge in [-0.05, 0) is 35.4 Å². The molecule has 0 aliphatic carbocycles. The van der Waals surface area contributed by atoms with Crippen LogP contribution in [-0.4, -0.2) is 50.2 Å². The Balaban J connectivity index is 1.43. The molecule has 4 aromatic rings. The van der Waals surface area contributed by atoms with Gasteiger partial charge < -0.3 is 15.7 Å². The smallest absolute Gasteiger partial charge is 0.253 e. The summed E-state index contributed by atoms with van der Waals surface area (Å²) in [6.45, 7) is 3.59. The summed E-state index contributed by atoms with van der Waals surface area (Å²) in [6.07, 6.45) is 6.39. The van der Waals surface area contributed by atoms with E-state index in [1.54, 1.807) is 12.4 Å². The molecule has 3 aromatic heterocycles. The van der Waals surface area contributed by atoms with Crippen LogP contribution >= 0.6 is 11.3 Å². The van der Waals surface area contributed by atoms with Gasteiger partial charge in [-0.15, -0.1) is 11.3 Å². The number of anilines is 1. The highest BCUT2D eigenvalue weighted by Crippen LogP contribution is 2.29. The maximum Gasteiger partial charge on any atom is 0.253 e. The quantitative estimate of drug-likeness (QED) is 0.319. The van der Waals surface area contributed by atoms with Crippen molar-refractivity contribution in [1.29, 1.82) is 0 Å². The van der Waals surface area contributed by atoms with Crippen molar-refractivity contribution in [2.75, 3.05) is 19.0 Å². The molecule has 3 N–H and O–H groups in total. The largest absolute Gasteiger partial charge is 0.394 e. The van der Waals surface area contributed by atoms with Crippen molar-refractivity contribution in [2.45, 2.75) is 6.04 Å². The number of nitrogens with one attached hydrogen (secondary N) is 2. The Labute approximate surface area is 200 Å². The molecule has 4 rings (SSSR count). The molecule has 9 nitrogen and oxygen atoms in total. The first-order valence-corrected chi connectivity index (χ1v) is 11.3. The first-order valence-electron chi connectivity index (χ1n) is 10.4. The number of carbonyl (C=O) groups excluding carboxylic acids is 1. The maximum absolute atomic E-state index is 12.5. The lowest BCUT2D eigenvalue weighted by molar-refractivity contribution is -0.578. The van der Waals surface area contributed by atoms with E-state index >= 15 is 0 Å². The number of rotatable bonds is 9. The van der Waals surface area contributed by atoms with E-state index in [0.717, 1.165) is 22.4 Å². The van der Waals surface area contributed by atoms with Gasteiger partial charge in [0.1, 0.15) is 4.87 Å². The number of aliphatic hydroxyl groups is 1. The normalized spacial score (nSPS) is 11.6. The number of aromatic nitrogens is 3. The van der Waals surface area contributed by atoms with Crippen LogP contribution in [-0.2, 0) is 0 Å². The molecular formula is C24H23N6O3S+. The molecule has 0 saturated carbocycles.